The highest BCUT2D eigenvalue weighted by molar-refractivity contribution is 7.99. The van der Waals surface area contributed by atoms with Crippen molar-refractivity contribution in [2.45, 2.75) is 38.0 Å². The van der Waals surface area contributed by atoms with Gasteiger partial charge in [0.05, 0.1) is 13.2 Å². The van der Waals surface area contributed by atoms with E-state index in [4.69, 9.17) is 15.2 Å². The second-order valence-corrected chi connectivity index (χ2v) is 7.15. The Morgan fingerprint density at radius 2 is 1.95 bits per heavy atom. The molecule has 0 bridgehead atoms. The fourth-order valence-corrected chi connectivity index (χ4v) is 2.96. The average Bonchev–Trinajstić information content (AvgIpc) is 2.68. The molecule has 0 unspecified atom stereocenters. The monoisotopic (exact) mass is 295 g/mol. The van der Waals surface area contributed by atoms with Gasteiger partial charge in [0.25, 0.3) is 0 Å². The third kappa shape index (κ3) is 4.60. The predicted molar refractivity (Wildman–Crippen MR) is 84.8 cm³/mol. The first-order valence-electron chi connectivity index (χ1n) is 7.33. The second-order valence-electron chi connectivity index (χ2n) is 5.98. The molecule has 1 aromatic carbocycles. The number of hydrogen-bond donors (Lipinski definition) is 1. The van der Waals surface area contributed by atoms with Gasteiger partial charge in [0, 0.05) is 11.3 Å². The fraction of sp³-hybridized carbons (Fsp3) is 0.625. The molecule has 1 aliphatic heterocycles. The highest BCUT2D eigenvalue weighted by Gasteiger charge is 2.15. The van der Waals surface area contributed by atoms with Gasteiger partial charge >= 0.3 is 0 Å². The van der Waals surface area contributed by atoms with Gasteiger partial charge in [-0.3, -0.25) is 0 Å². The molecule has 1 aliphatic rings. The van der Waals surface area contributed by atoms with Gasteiger partial charge in [-0.05, 0) is 48.8 Å². The van der Waals surface area contributed by atoms with Crippen LogP contribution < -0.4 is 15.2 Å². The molecule has 2 N–H and O–H groups in total. The van der Waals surface area contributed by atoms with E-state index >= 15 is 0 Å². The summed E-state index contributed by atoms with van der Waals surface area (Å²) in [5.41, 5.74) is 6.01. The predicted octanol–water partition coefficient (Wildman–Crippen LogP) is 3.71. The molecule has 4 heteroatoms. The number of hydrogen-bond acceptors (Lipinski definition) is 4. The lowest BCUT2D eigenvalue weighted by atomic mass is 9.88. The van der Waals surface area contributed by atoms with Crippen molar-refractivity contribution < 1.29 is 9.47 Å². The van der Waals surface area contributed by atoms with Gasteiger partial charge in [0.15, 0.2) is 11.5 Å². The molecule has 0 amide bonds. The van der Waals surface area contributed by atoms with Crippen LogP contribution in [-0.2, 0) is 0 Å². The lowest BCUT2D eigenvalue weighted by molar-refractivity contribution is 0.297. The lowest BCUT2D eigenvalue weighted by Gasteiger charge is -2.21. The van der Waals surface area contributed by atoms with Crippen LogP contribution in [0.3, 0.4) is 0 Å². The van der Waals surface area contributed by atoms with E-state index < -0.39 is 0 Å². The van der Waals surface area contributed by atoms with E-state index in [-0.39, 0.29) is 5.41 Å². The number of thioether (sulfide) groups is 1. The summed E-state index contributed by atoms with van der Waals surface area (Å²) >= 11 is 1.87. The Morgan fingerprint density at radius 3 is 2.70 bits per heavy atom. The summed E-state index contributed by atoms with van der Waals surface area (Å²) in [6.07, 6.45) is 3.30. The fourth-order valence-electron chi connectivity index (χ4n) is 2.08. The van der Waals surface area contributed by atoms with E-state index in [0.29, 0.717) is 0 Å². The minimum absolute atomic E-state index is 0.255. The standard InChI is InChI=1S/C16H25NO2S/c1-16(2,12-17)7-3-10-20-13-5-6-14-15(11-13)19-9-4-8-18-14/h5-6,11H,3-4,7-10,12,17H2,1-2H3. The summed E-state index contributed by atoms with van der Waals surface area (Å²) < 4.78 is 11.4. The van der Waals surface area contributed by atoms with Crippen molar-refractivity contribution in [3.63, 3.8) is 0 Å². The van der Waals surface area contributed by atoms with E-state index in [0.717, 1.165) is 43.4 Å². The zero-order chi connectivity index (χ0) is 14.4. The molecule has 1 aromatic rings. The first kappa shape index (κ1) is 15.5. The number of benzene rings is 1. The maximum Gasteiger partial charge on any atom is 0.162 e. The van der Waals surface area contributed by atoms with Crippen molar-refractivity contribution >= 4 is 11.8 Å². The molecule has 0 spiro atoms. The minimum Gasteiger partial charge on any atom is -0.490 e. The van der Waals surface area contributed by atoms with Gasteiger partial charge in [-0.1, -0.05) is 13.8 Å². The average molecular weight is 295 g/mol. The van der Waals surface area contributed by atoms with Crippen LogP contribution in [-0.4, -0.2) is 25.5 Å². The molecule has 0 aromatic heterocycles. The highest BCUT2D eigenvalue weighted by atomic mass is 32.2. The number of ether oxygens (including phenoxy) is 2. The van der Waals surface area contributed by atoms with Crippen LogP contribution in [0.25, 0.3) is 0 Å². The summed E-state index contributed by atoms with van der Waals surface area (Å²) in [6.45, 7) is 6.69. The summed E-state index contributed by atoms with van der Waals surface area (Å²) in [5, 5.41) is 0. The van der Waals surface area contributed by atoms with Crippen LogP contribution in [0, 0.1) is 5.41 Å². The summed E-state index contributed by atoms with van der Waals surface area (Å²) in [4.78, 5) is 1.25. The molecule has 112 valence electrons. The molecular formula is C16H25NO2S. The molecule has 0 saturated carbocycles. The Bertz CT molecular complexity index is 434. The smallest absolute Gasteiger partial charge is 0.162 e. The third-order valence-corrected chi connectivity index (χ3v) is 4.62. The first-order chi connectivity index (χ1) is 9.61. The normalized spacial score (nSPS) is 14.9. The van der Waals surface area contributed by atoms with E-state index in [9.17, 15) is 0 Å². The van der Waals surface area contributed by atoms with Crippen LogP contribution in [0.1, 0.15) is 33.1 Å². The lowest BCUT2D eigenvalue weighted by Crippen LogP contribution is -2.23. The number of fused-ring (bicyclic) bond motifs is 1. The van der Waals surface area contributed by atoms with Gasteiger partial charge in [-0.2, -0.15) is 0 Å². The largest absolute Gasteiger partial charge is 0.490 e. The molecule has 20 heavy (non-hydrogen) atoms. The van der Waals surface area contributed by atoms with E-state index in [1.54, 1.807) is 0 Å². The molecule has 0 aliphatic carbocycles. The van der Waals surface area contributed by atoms with Crippen LogP contribution in [0.5, 0.6) is 11.5 Å². The molecule has 1 heterocycles. The zero-order valence-corrected chi connectivity index (χ0v) is 13.3. The maximum absolute atomic E-state index is 5.75. The Labute approximate surface area is 126 Å². The zero-order valence-electron chi connectivity index (χ0n) is 12.5. The van der Waals surface area contributed by atoms with Gasteiger partial charge in [0.2, 0.25) is 0 Å². The van der Waals surface area contributed by atoms with Crippen LogP contribution in [0.2, 0.25) is 0 Å². The summed E-state index contributed by atoms with van der Waals surface area (Å²) in [6, 6.07) is 6.23. The van der Waals surface area contributed by atoms with Gasteiger partial charge < -0.3 is 15.2 Å². The van der Waals surface area contributed by atoms with Gasteiger partial charge in [-0.15, -0.1) is 11.8 Å². The Balaban J connectivity index is 1.83. The van der Waals surface area contributed by atoms with Crippen molar-refractivity contribution in [3.05, 3.63) is 18.2 Å². The van der Waals surface area contributed by atoms with Crippen molar-refractivity contribution in [2.24, 2.45) is 11.1 Å². The number of nitrogens with two attached hydrogens (primary N) is 1. The van der Waals surface area contributed by atoms with Crippen molar-refractivity contribution in [3.8, 4) is 11.5 Å². The van der Waals surface area contributed by atoms with Crippen LogP contribution in [0.15, 0.2) is 23.1 Å². The maximum atomic E-state index is 5.75. The van der Waals surface area contributed by atoms with Crippen molar-refractivity contribution in [1.29, 1.82) is 0 Å². The molecule has 0 saturated heterocycles. The molecular weight excluding hydrogens is 270 g/mol. The van der Waals surface area contributed by atoms with Crippen molar-refractivity contribution in [2.75, 3.05) is 25.5 Å². The SMILES string of the molecule is CC(C)(CN)CCCSc1ccc2c(c1)OCCCO2. The summed E-state index contributed by atoms with van der Waals surface area (Å²) in [5.74, 6) is 2.87. The molecule has 0 radical (unpaired) electrons. The van der Waals surface area contributed by atoms with E-state index in [1.807, 2.05) is 17.8 Å². The minimum atomic E-state index is 0.255. The molecule has 0 atom stereocenters. The molecule has 3 nitrogen and oxygen atoms in total. The van der Waals surface area contributed by atoms with E-state index in [1.165, 1.54) is 17.7 Å². The Hall–Kier alpha value is -0.870. The Morgan fingerprint density at radius 1 is 1.20 bits per heavy atom. The third-order valence-electron chi connectivity index (χ3n) is 3.54. The van der Waals surface area contributed by atoms with Gasteiger partial charge in [0.1, 0.15) is 0 Å². The highest BCUT2D eigenvalue weighted by Crippen LogP contribution is 2.34. The molecule has 2 rings (SSSR count). The topological polar surface area (TPSA) is 44.5 Å². The van der Waals surface area contributed by atoms with E-state index in [2.05, 4.69) is 26.0 Å². The van der Waals surface area contributed by atoms with Crippen LogP contribution in [0.4, 0.5) is 0 Å². The van der Waals surface area contributed by atoms with Crippen molar-refractivity contribution in [1.82, 2.24) is 0 Å². The first-order valence-corrected chi connectivity index (χ1v) is 8.32. The Kier molecular flexibility index (Phi) is 5.61. The molecule has 0 fully saturated rings. The second kappa shape index (κ2) is 7.23. The quantitative estimate of drug-likeness (QED) is 0.642. The number of rotatable bonds is 6. The van der Waals surface area contributed by atoms with Crippen LogP contribution >= 0.6 is 11.8 Å². The van der Waals surface area contributed by atoms with Gasteiger partial charge in [-0.25, -0.2) is 0 Å². The summed E-state index contributed by atoms with van der Waals surface area (Å²) in [7, 11) is 0.